The van der Waals surface area contributed by atoms with Gasteiger partial charge in [0.25, 0.3) is 0 Å². The fourth-order valence-electron chi connectivity index (χ4n) is 2.92. The first-order valence-electron chi connectivity index (χ1n) is 9.70. The number of nitrogens with zero attached hydrogens (tertiary/aromatic N) is 3. The first-order chi connectivity index (χ1) is 14.6. The number of hydrogen-bond donors (Lipinski definition) is 0. The Morgan fingerprint density at radius 3 is 2.60 bits per heavy atom. The molecule has 0 aliphatic rings. The molecule has 0 bridgehead atoms. The number of carbonyl (C=O) groups excluding carboxylic acids is 1. The van der Waals surface area contributed by atoms with Gasteiger partial charge in [-0.05, 0) is 49.7 Å². The van der Waals surface area contributed by atoms with E-state index in [4.69, 9.17) is 21.1 Å². The van der Waals surface area contributed by atoms with Crippen molar-refractivity contribution < 1.29 is 14.3 Å². The molecule has 1 heterocycles. The van der Waals surface area contributed by atoms with Gasteiger partial charge in [0.2, 0.25) is 0 Å². The number of ketones is 1. The smallest absolute Gasteiger partial charge is 0.191 e. The highest BCUT2D eigenvalue weighted by molar-refractivity contribution is 7.99. The Hall–Kier alpha value is -2.35. The van der Waals surface area contributed by atoms with Crippen molar-refractivity contribution in [3.8, 4) is 17.1 Å². The molecule has 0 fully saturated rings. The highest BCUT2D eigenvalue weighted by Gasteiger charge is 2.17. The molecule has 0 spiro atoms. The van der Waals surface area contributed by atoms with Crippen LogP contribution in [0, 0.1) is 0 Å². The lowest BCUT2D eigenvalue weighted by atomic mass is 10.1. The van der Waals surface area contributed by atoms with Gasteiger partial charge in [0.1, 0.15) is 5.75 Å². The minimum absolute atomic E-state index is 0.0220. The average Bonchev–Trinajstić information content (AvgIpc) is 3.16. The number of hydrogen-bond acceptors (Lipinski definition) is 6. The van der Waals surface area contributed by atoms with Crippen LogP contribution >= 0.6 is 23.4 Å². The predicted molar refractivity (Wildman–Crippen MR) is 120 cm³/mol. The molecular formula is C22H24ClN3O3S. The minimum atomic E-state index is 0.0220. The molecule has 30 heavy (non-hydrogen) atoms. The van der Waals surface area contributed by atoms with Crippen LogP contribution in [0.3, 0.4) is 0 Å². The lowest BCUT2D eigenvalue weighted by Gasteiger charge is -2.11. The van der Waals surface area contributed by atoms with Gasteiger partial charge in [-0.25, -0.2) is 0 Å². The van der Waals surface area contributed by atoms with Gasteiger partial charge in [-0.15, -0.1) is 10.2 Å². The maximum Gasteiger partial charge on any atom is 0.191 e. The summed E-state index contributed by atoms with van der Waals surface area (Å²) in [6.07, 6.45) is 0.798. The van der Waals surface area contributed by atoms with Crippen LogP contribution < -0.4 is 4.74 Å². The summed E-state index contributed by atoms with van der Waals surface area (Å²) in [7, 11) is 1.67. The van der Waals surface area contributed by atoms with Crippen molar-refractivity contribution in [1.29, 1.82) is 0 Å². The second-order valence-electron chi connectivity index (χ2n) is 6.45. The number of benzene rings is 2. The van der Waals surface area contributed by atoms with E-state index in [1.54, 1.807) is 19.2 Å². The Kier molecular flexibility index (Phi) is 8.30. The summed E-state index contributed by atoms with van der Waals surface area (Å²) >= 11 is 7.74. The zero-order valence-corrected chi connectivity index (χ0v) is 18.6. The van der Waals surface area contributed by atoms with Gasteiger partial charge in [-0.3, -0.25) is 4.79 Å². The van der Waals surface area contributed by atoms with Gasteiger partial charge in [-0.2, -0.15) is 0 Å². The van der Waals surface area contributed by atoms with Crippen molar-refractivity contribution in [1.82, 2.24) is 14.8 Å². The van der Waals surface area contributed by atoms with Crippen molar-refractivity contribution >= 4 is 29.1 Å². The molecule has 8 heteroatoms. The molecule has 0 aliphatic carbocycles. The van der Waals surface area contributed by atoms with E-state index in [0.29, 0.717) is 41.3 Å². The number of halogens is 1. The number of Topliss-reactive ketones (excluding diaryl/α,β-unsaturated/α-hetero) is 1. The first-order valence-corrected chi connectivity index (χ1v) is 11.1. The molecule has 0 amide bonds. The van der Waals surface area contributed by atoms with Gasteiger partial charge in [0, 0.05) is 31.4 Å². The molecule has 0 N–H and O–H groups in total. The number of rotatable bonds is 11. The molecule has 0 saturated carbocycles. The molecule has 6 nitrogen and oxygen atoms in total. The molecule has 158 valence electrons. The van der Waals surface area contributed by atoms with Gasteiger partial charge in [0.15, 0.2) is 16.8 Å². The first kappa shape index (κ1) is 22.3. The zero-order chi connectivity index (χ0) is 21.3. The molecule has 3 rings (SSSR count). The molecular weight excluding hydrogens is 422 g/mol. The Balaban J connectivity index is 1.76. The van der Waals surface area contributed by atoms with Crippen LogP contribution in [0.4, 0.5) is 0 Å². The van der Waals surface area contributed by atoms with E-state index >= 15 is 0 Å². The topological polar surface area (TPSA) is 66.2 Å². The van der Waals surface area contributed by atoms with Crippen LogP contribution in [0.2, 0.25) is 5.02 Å². The van der Waals surface area contributed by atoms with E-state index in [1.807, 2.05) is 47.9 Å². The predicted octanol–water partition coefficient (Wildman–Crippen LogP) is 5.01. The van der Waals surface area contributed by atoms with Crippen molar-refractivity contribution in [3.05, 3.63) is 59.1 Å². The summed E-state index contributed by atoms with van der Waals surface area (Å²) in [4.78, 5) is 12.6. The monoisotopic (exact) mass is 445 g/mol. The average molecular weight is 446 g/mol. The van der Waals surface area contributed by atoms with Crippen LogP contribution in [0.5, 0.6) is 5.75 Å². The molecule has 0 atom stereocenters. The third-order valence-electron chi connectivity index (χ3n) is 4.38. The van der Waals surface area contributed by atoms with E-state index < -0.39 is 0 Å². The van der Waals surface area contributed by atoms with Gasteiger partial charge in [-0.1, -0.05) is 35.5 Å². The molecule has 0 saturated heterocycles. The summed E-state index contributed by atoms with van der Waals surface area (Å²) in [6.45, 7) is 3.81. The van der Waals surface area contributed by atoms with Crippen LogP contribution in [0.1, 0.15) is 23.7 Å². The lowest BCUT2D eigenvalue weighted by Crippen LogP contribution is -2.08. The van der Waals surface area contributed by atoms with Crippen molar-refractivity contribution in [2.45, 2.75) is 25.0 Å². The molecule has 2 aromatic carbocycles. The summed E-state index contributed by atoms with van der Waals surface area (Å²) in [6, 6.07) is 14.7. The summed E-state index contributed by atoms with van der Waals surface area (Å²) in [5, 5.41) is 9.96. The Bertz CT molecular complexity index is 976. The molecule has 3 aromatic rings. The third-order valence-corrected chi connectivity index (χ3v) is 5.68. The molecule has 0 aliphatic heterocycles. The summed E-state index contributed by atoms with van der Waals surface area (Å²) in [5.41, 5.74) is 1.46. The van der Waals surface area contributed by atoms with E-state index in [1.165, 1.54) is 11.8 Å². The normalized spacial score (nSPS) is 10.9. The second kappa shape index (κ2) is 11.2. The fourth-order valence-corrected chi connectivity index (χ4v) is 4.00. The van der Waals surface area contributed by atoms with Crippen LogP contribution in [-0.2, 0) is 11.3 Å². The highest BCUT2D eigenvalue weighted by Crippen LogP contribution is 2.29. The van der Waals surface area contributed by atoms with E-state index in [0.717, 1.165) is 17.7 Å². The number of thioether (sulfide) groups is 1. The quantitative estimate of drug-likeness (QED) is 0.235. The SMILES string of the molecule is CCOc1ccc(C(=O)CSc2nnc(-c3ccccc3Cl)n2CCCOC)cc1. The zero-order valence-electron chi connectivity index (χ0n) is 17.0. The van der Waals surface area contributed by atoms with Gasteiger partial charge in [0.05, 0.1) is 17.4 Å². The Labute approximate surface area is 185 Å². The van der Waals surface area contributed by atoms with Crippen molar-refractivity contribution in [3.63, 3.8) is 0 Å². The maximum atomic E-state index is 12.6. The van der Waals surface area contributed by atoms with E-state index in [-0.39, 0.29) is 11.5 Å². The Morgan fingerprint density at radius 1 is 1.13 bits per heavy atom. The lowest BCUT2D eigenvalue weighted by molar-refractivity contribution is 0.102. The minimum Gasteiger partial charge on any atom is -0.494 e. The van der Waals surface area contributed by atoms with Gasteiger partial charge >= 0.3 is 0 Å². The van der Waals surface area contributed by atoms with Crippen molar-refractivity contribution in [2.24, 2.45) is 0 Å². The fraction of sp³-hybridized carbons (Fsp3) is 0.318. The van der Waals surface area contributed by atoms with Gasteiger partial charge < -0.3 is 14.0 Å². The largest absolute Gasteiger partial charge is 0.494 e. The van der Waals surface area contributed by atoms with Crippen LogP contribution in [0.25, 0.3) is 11.4 Å². The summed E-state index contributed by atoms with van der Waals surface area (Å²) < 4.78 is 12.6. The third kappa shape index (κ3) is 5.62. The number of carbonyl (C=O) groups is 1. The van der Waals surface area contributed by atoms with Crippen LogP contribution in [-0.4, -0.2) is 46.6 Å². The molecule has 0 unspecified atom stereocenters. The highest BCUT2D eigenvalue weighted by atomic mass is 35.5. The van der Waals surface area contributed by atoms with E-state index in [9.17, 15) is 4.79 Å². The molecule has 1 aromatic heterocycles. The number of aromatic nitrogens is 3. The Morgan fingerprint density at radius 2 is 1.90 bits per heavy atom. The maximum absolute atomic E-state index is 12.6. The molecule has 0 radical (unpaired) electrons. The number of methoxy groups -OCH3 is 1. The van der Waals surface area contributed by atoms with Crippen molar-refractivity contribution in [2.75, 3.05) is 26.1 Å². The number of ether oxygens (including phenoxy) is 2. The van der Waals surface area contributed by atoms with E-state index in [2.05, 4.69) is 10.2 Å². The summed E-state index contributed by atoms with van der Waals surface area (Å²) in [5.74, 6) is 1.73. The standard InChI is InChI=1S/C22H24ClN3O3S/c1-3-29-17-11-9-16(10-12-17)20(27)15-30-22-25-24-21(26(22)13-6-14-28-2)18-7-4-5-8-19(18)23/h4-5,7-12H,3,6,13-15H2,1-2H3. The second-order valence-corrected chi connectivity index (χ2v) is 7.80. The van der Waals surface area contributed by atoms with Crippen LogP contribution in [0.15, 0.2) is 53.7 Å².